The molecule has 136 valence electrons. The number of hydrogen-bond acceptors (Lipinski definition) is 3. The lowest BCUT2D eigenvalue weighted by Gasteiger charge is -2.10. The number of aliphatic imine (C=N–C) groups is 1. The molecular weight excluding hydrogens is 342 g/mol. The first-order valence-electron chi connectivity index (χ1n) is 8.83. The Hall–Kier alpha value is -2.60. The maximum atomic E-state index is 4.63. The van der Waals surface area contributed by atoms with Crippen LogP contribution in [0.25, 0.3) is 5.69 Å². The Morgan fingerprint density at radius 2 is 2.00 bits per heavy atom. The summed E-state index contributed by atoms with van der Waals surface area (Å²) in [6, 6.07) is 14.4. The highest BCUT2D eigenvalue weighted by molar-refractivity contribution is 7.09. The standard InChI is InChI=1S/C20H25N5S/c1-16-17(15-25(24-16)18-9-4-3-5-10-18)8-6-12-22-20(21-2)23-14-19-11-7-13-26-19/h3-5,7,9-11,13,15H,6,8,12,14H2,1-2H3,(H2,21,22,23). The molecule has 0 atom stereocenters. The molecule has 0 radical (unpaired) electrons. The fourth-order valence-corrected chi connectivity index (χ4v) is 3.39. The van der Waals surface area contributed by atoms with Crippen molar-refractivity contribution in [3.05, 3.63) is 70.2 Å². The number of guanidine groups is 1. The number of hydrogen-bond donors (Lipinski definition) is 2. The monoisotopic (exact) mass is 367 g/mol. The Morgan fingerprint density at radius 1 is 1.15 bits per heavy atom. The van der Waals surface area contributed by atoms with Gasteiger partial charge in [-0.1, -0.05) is 24.3 Å². The Balaban J connectivity index is 1.45. The van der Waals surface area contributed by atoms with Gasteiger partial charge in [-0.3, -0.25) is 4.99 Å². The summed E-state index contributed by atoms with van der Waals surface area (Å²) in [6.07, 6.45) is 4.16. The lowest BCUT2D eigenvalue weighted by Crippen LogP contribution is -2.37. The van der Waals surface area contributed by atoms with Crippen molar-refractivity contribution in [3.8, 4) is 5.69 Å². The minimum atomic E-state index is 0.806. The number of nitrogens with one attached hydrogen (secondary N) is 2. The fraction of sp³-hybridized carbons (Fsp3) is 0.300. The Labute approximate surface area is 158 Å². The predicted octanol–water partition coefficient (Wildman–Crippen LogP) is 3.54. The van der Waals surface area contributed by atoms with Gasteiger partial charge in [-0.25, -0.2) is 4.68 Å². The second-order valence-corrected chi connectivity index (χ2v) is 7.09. The van der Waals surface area contributed by atoms with E-state index >= 15 is 0 Å². The smallest absolute Gasteiger partial charge is 0.191 e. The van der Waals surface area contributed by atoms with Crippen molar-refractivity contribution >= 4 is 17.3 Å². The van der Waals surface area contributed by atoms with E-state index in [0.29, 0.717) is 0 Å². The third-order valence-electron chi connectivity index (χ3n) is 4.17. The zero-order chi connectivity index (χ0) is 18.2. The molecule has 0 amide bonds. The van der Waals surface area contributed by atoms with Gasteiger partial charge in [0.2, 0.25) is 0 Å². The van der Waals surface area contributed by atoms with E-state index in [9.17, 15) is 0 Å². The second kappa shape index (κ2) is 9.20. The molecule has 0 bridgehead atoms. The van der Waals surface area contributed by atoms with E-state index < -0.39 is 0 Å². The van der Waals surface area contributed by atoms with Crippen molar-refractivity contribution in [3.63, 3.8) is 0 Å². The molecule has 0 saturated heterocycles. The molecule has 0 saturated carbocycles. The average Bonchev–Trinajstić information content (AvgIpc) is 3.32. The molecule has 2 aromatic heterocycles. The summed E-state index contributed by atoms with van der Waals surface area (Å²) in [4.78, 5) is 5.58. The van der Waals surface area contributed by atoms with Gasteiger partial charge in [0, 0.05) is 24.7 Å². The number of aryl methyl sites for hydroxylation is 2. The molecule has 26 heavy (non-hydrogen) atoms. The van der Waals surface area contributed by atoms with Crippen molar-refractivity contribution < 1.29 is 0 Å². The van der Waals surface area contributed by atoms with E-state index in [2.05, 4.69) is 63.5 Å². The zero-order valence-corrected chi connectivity index (χ0v) is 16.1. The number of nitrogens with zero attached hydrogens (tertiary/aromatic N) is 3. The molecule has 3 rings (SSSR count). The number of para-hydroxylation sites is 1. The normalized spacial score (nSPS) is 11.5. The lowest BCUT2D eigenvalue weighted by atomic mass is 10.1. The molecule has 2 heterocycles. The van der Waals surface area contributed by atoms with Crippen LogP contribution in [0.3, 0.4) is 0 Å². The molecular formula is C20H25N5S. The van der Waals surface area contributed by atoms with E-state index in [1.807, 2.05) is 22.9 Å². The molecule has 6 heteroatoms. The van der Waals surface area contributed by atoms with Gasteiger partial charge in [-0.05, 0) is 48.9 Å². The fourth-order valence-electron chi connectivity index (χ4n) is 2.74. The van der Waals surface area contributed by atoms with Crippen LogP contribution in [0.4, 0.5) is 0 Å². The van der Waals surface area contributed by atoms with Crippen LogP contribution in [0, 0.1) is 6.92 Å². The van der Waals surface area contributed by atoms with Gasteiger partial charge >= 0.3 is 0 Å². The lowest BCUT2D eigenvalue weighted by molar-refractivity contribution is 0.742. The van der Waals surface area contributed by atoms with Crippen molar-refractivity contribution in [2.45, 2.75) is 26.3 Å². The van der Waals surface area contributed by atoms with Crippen LogP contribution < -0.4 is 10.6 Å². The summed E-state index contributed by atoms with van der Waals surface area (Å²) in [5.74, 6) is 0.843. The van der Waals surface area contributed by atoms with E-state index in [1.54, 1.807) is 18.4 Å². The molecule has 2 N–H and O–H groups in total. The maximum Gasteiger partial charge on any atom is 0.191 e. The maximum absolute atomic E-state index is 4.63. The Kier molecular flexibility index (Phi) is 6.44. The molecule has 0 aliphatic heterocycles. The van der Waals surface area contributed by atoms with Gasteiger partial charge in [-0.2, -0.15) is 5.10 Å². The van der Waals surface area contributed by atoms with E-state index in [4.69, 9.17) is 0 Å². The minimum Gasteiger partial charge on any atom is -0.356 e. The highest BCUT2D eigenvalue weighted by Crippen LogP contribution is 2.13. The third-order valence-corrected chi connectivity index (χ3v) is 5.05. The van der Waals surface area contributed by atoms with Crippen LogP contribution in [-0.4, -0.2) is 29.3 Å². The van der Waals surface area contributed by atoms with E-state index in [1.165, 1.54) is 10.4 Å². The van der Waals surface area contributed by atoms with Crippen molar-refractivity contribution in [2.24, 2.45) is 4.99 Å². The van der Waals surface area contributed by atoms with Gasteiger partial charge in [0.25, 0.3) is 0 Å². The van der Waals surface area contributed by atoms with Crippen LogP contribution in [0.15, 0.2) is 59.0 Å². The molecule has 1 aromatic carbocycles. The Bertz CT molecular complexity index is 821. The number of rotatable bonds is 7. The van der Waals surface area contributed by atoms with Gasteiger partial charge in [0.1, 0.15) is 0 Å². The van der Waals surface area contributed by atoms with E-state index in [0.717, 1.165) is 43.3 Å². The van der Waals surface area contributed by atoms with Gasteiger partial charge in [0.05, 0.1) is 17.9 Å². The van der Waals surface area contributed by atoms with Crippen molar-refractivity contribution in [1.82, 2.24) is 20.4 Å². The quantitative estimate of drug-likeness (QED) is 0.381. The van der Waals surface area contributed by atoms with Gasteiger partial charge < -0.3 is 10.6 Å². The summed E-state index contributed by atoms with van der Waals surface area (Å²) in [6.45, 7) is 3.75. The highest BCUT2D eigenvalue weighted by atomic mass is 32.1. The first-order chi connectivity index (χ1) is 12.8. The predicted molar refractivity (Wildman–Crippen MR) is 109 cm³/mol. The molecule has 5 nitrogen and oxygen atoms in total. The van der Waals surface area contributed by atoms with Crippen molar-refractivity contribution in [1.29, 1.82) is 0 Å². The first-order valence-corrected chi connectivity index (χ1v) is 9.71. The molecule has 0 aliphatic carbocycles. The summed E-state index contributed by atoms with van der Waals surface area (Å²) in [7, 11) is 1.80. The minimum absolute atomic E-state index is 0.806. The summed E-state index contributed by atoms with van der Waals surface area (Å²) >= 11 is 1.75. The summed E-state index contributed by atoms with van der Waals surface area (Å²) in [5.41, 5.74) is 3.48. The zero-order valence-electron chi connectivity index (χ0n) is 15.3. The van der Waals surface area contributed by atoms with Gasteiger partial charge in [-0.15, -0.1) is 11.3 Å². The average molecular weight is 368 g/mol. The van der Waals surface area contributed by atoms with Gasteiger partial charge in [0.15, 0.2) is 5.96 Å². The largest absolute Gasteiger partial charge is 0.356 e. The van der Waals surface area contributed by atoms with Crippen LogP contribution in [0.2, 0.25) is 0 Å². The number of thiophene rings is 1. The number of aromatic nitrogens is 2. The van der Waals surface area contributed by atoms with Crippen LogP contribution in [0.5, 0.6) is 0 Å². The molecule has 3 aromatic rings. The summed E-state index contributed by atoms with van der Waals surface area (Å²) < 4.78 is 1.96. The van der Waals surface area contributed by atoms with Crippen molar-refractivity contribution in [2.75, 3.05) is 13.6 Å². The van der Waals surface area contributed by atoms with Crippen LogP contribution in [0.1, 0.15) is 22.6 Å². The molecule has 0 aliphatic rings. The molecule has 0 unspecified atom stereocenters. The SMILES string of the molecule is CN=C(NCCCc1cn(-c2ccccc2)nc1C)NCc1cccs1. The topological polar surface area (TPSA) is 54.2 Å². The molecule has 0 fully saturated rings. The van der Waals surface area contributed by atoms with E-state index in [-0.39, 0.29) is 0 Å². The van der Waals surface area contributed by atoms with Crippen LogP contribution in [-0.2, 0) is 13.0 Å². The highest BCUT2D eigenvalue weighted by Gasteiger charge is 2.06. The summed E-state index contributed by atoms with van der Waals surface area (Å²) in [5, 5.41) is 13.4. The molecule has 0 spiro atoms. The number of benzene rings is 1. The third kappa shape index (κ3) is 4.95. The second-order valence-electron chi connectivity index (χ2n) is 6.06. The first kappa shape index (κ1) is 18.2. The van der Waals surface area contributed by atoms with Crippen LogP contribution >= 0.6 is 11.3 Å². The Morgan fingerprint density at radius 3 is 2.73 bits per heavy atom.